The van der Waals surface area contributed by atoms with Crippen molar-refractivity contribution in [1.82, 2.24) is 24.7 Å². The van der Waals surface area contributed by atoms with E-state index in [1.807, 2.05) is 0 Å². The first-order chi connectivity index (χ1) is 8.00. The molecule has 2 aromatic rings. The van der Waals surface area contributed by atoms with Crippen LogP contribution in [-0.4, -0.2) is 28.4 Å². The molecule has 7 nitrogen and oxygen atoms in total. The summed E-state index contributed by atoms with van der Waals surface area (Å²) in [5.41, 5.74) is 0.774. The lowest BCUT2D eigenvalue weighted by Gasteiger charge is -2.12. The highest BCUT2D eigenvalue weighted by Gasteiger charge is 2.21. The van der Waals surface area contributed by atoms with Crippen LogP contribution in [0.1, 0.15) is 18.5 Å². The number of hydrogen-bond acceptors (Lipinski definition) is 4. The fraction of sp³-hybridized carbons (Fsp3) is 0.333. The summed E-state index contributed by atoms with van der Waals surface area (Å²) in [6.45, 7) is 1.75. The molecule has 2 aromatic heterocycles. The van der Waals surface area contributed by atoms with Gasteiger partial charge in [-0.05, 0) is 13.0 Å². The molecule has 1 atom stereocenters. The van der Waals surface area contributed by atoms with Crippen LogP contribution in [0.25, 0.3) is 0 Å². The highest BCUT2D eigenvalue weighted by Crippen LogP contribution is 2.14. The zero-order valence-corrected chi connectivity index (χ0v) is 10.3. The summed E-state index contributed by atoms with van der Waals surface area (Å²) in [7, 11) is -1.98. The van der Waals surface area contributed by atoms with Gasteiger partial charge in [-0.15, -0.1) is 0 Å². The van der Waals surface area contributed by atoms with E-state index < -0.39 is 10.0 Å². The van der Waals surface area contributed by atoms with Crippen LogP contribution in [-0.2, 0) is 17.1 Å². The molecule has 0 aliphatic carbocycles. The number of rotatable bonds is 4. The molecule has 2 N–H and O–H groups in total. The van der Waals surface area contributed by atoms with Gasteiger partial charge in [-0.3, -0.25) is 9.78 Å². The van der Waals surface area contributed by atoms with Gasteiger partial charge < -0.3 is 0 Å². The van der Waals surface area contributed by atoms with E-state index in [1.54, 1.807) is 26.4 Å². The molecule has 0 aromatic carbocycles. The molecule has 0 bridgehead atoms. The number of aromatic amines is 1. The second-order valence-electron chi connectivity index (χ2n) is 3.67. The number of nitrogens with one attached hydrogen (secondary N) is 2. The predicted molar refractivity (Wildman–Crippen MR) is 60.5 cm³/mol. The van der Waals surface area contributed by atoms with Crippen LogP contribution in [0.5, 0.6) is 0 Å². The third-order valence-electron chi connectivity index (χ3n) is 2.40. The Hall–Kier alpha value is -1.67. The van der Waals surface area contributed by atoms with Crippen molar-refractivity contribution in [2.75, 3.05) is 0 Å². The van der Waals surface area contributed by atoms with E-state index in [-0.39, 0.29) is 11.1 Å². The number of aromatic nitrogens is 4. The minimum atomic E-state index is -3.56. The van der Waals surface area contributed by atoms with Gasteiger partial charge in [0.2, 0.25) is 0 Å². The molecular formula is C9H13N5O2S. The minimum absolute atomic E-state index is 0.132. The van der Waals surface area contributed by atoms with E-state index in [2.05, 4.69) is 20.0 Å². The Morgan fingerprint density at radius 1 is 1.53 bits per heavy atom. The van der Waals surface area contributed by atoms with Gasteiger partial charge in [-0.2, -0.15) is 10.2 Å². The fourth-order valence-electron chi connectivity index (χ4n) is 1.48. The molecule has 0 spiro atoms. The van der Waals surface area contributed by atoms with Gasteiger partial charge in [0.25, 0.3) is 10.0 Å². The number of aryl methyl sites for hydroxylation is 1. The van der Waals surface area contributed by atoms with Gasteiger partial charge in [0, 0.05) is 24.8 Å². The molecular weight excluding hydrogens is 242 g/mol. The SMILES string of the molecule is CC(NS(=O)(=O)c1ccnn1C)c1cn[nH]c1. The topological polar surface area (TPSA) is 92.7 Å². The second kappa shape index (κ2) is 4.30. The molecule has 0 saturated heterocycles. The monoisotopic (exact) mass is 255 g/mol. The maximum atomic E-state index is 12.0. The van der Waals surface area contributed by atoms with Crippen molar-refractivity contribution in [2.24, 2.45) is 7.05 Å². The van der Waals surface area contributed by atoms with Gasteiger partial charge in [0.1, 0.15) is 0 Å². The van der Waals surface area contributed by atoms with Crippen molar-refractivity contribution in [3.05, 3.63) is 30.2 Å². The third kappa shape index (κ3) is 2.37. The second-order valence-corrected chi connectivity index (χ2v) is 5.33. The molecule has 17 heavy (non-hydrogen) atoms. The maximum absolute atomic E-state index is 12.0. The Morgan fingerprint density at radius 3 is 2.82 bits per heavy atom. The van der Waals surface area contributed by atoms with Crippen molar-refractivity contribution in [3.8, 4) is 0 Å². The van der Waals surface area contributed by atoms with E-state index in [1.165, 1.54) is 16.9 Å². The van der Waals surface area contributed by atoms with E-state index in [4.69, 9.17) is 0 Å². The molecule has 0 aliphatic rings. The van der Waals surface area contributed by atoms with Gasteiger partial charge in [0.05, 0.1) is 12.4 Å². The standard InChI is InChI=1S/C9H13N5O2S/c1-7(8-5-10-11-6-8)13-17(15,16)9-3-4-12-14(9)2/h3-7,13H,1-2H3,(H,10,11). The van der Waals surface area contributed by atoms with E-state index in [9.17, 15) is 8.42 Å². The molecule has 0 fully saturated rings. The van der Waals surface area contributed by atoms with Crippen molar-refractivity contribution in [1.29, 1.82) is 0 Å². The first-order valence-corrected chi connectivity index (χ1v) is 6.48. The molecule has 0 aliphatic heterocycles. The van der Waals surface area contributed by atoms with Crippen LogP contribution in [0.4, 0.5) is 0 Å². The van der Waals surface area contributed by atoms with Gasteiger partial charge in [-0.1, -0.05) is 0 Å². The number of nitrogens with zero attached hydrogens (tertiary/aromatic N) is 3. The Balaban J connectivity index is 2.22. The maximum Gasteiger partial charge on any atom is 0.258 e. The summed E-state index contributed by atoms with van der Waals surface area (Å²) in [5, 5.41) is 10.4. The van der Waals surface area contributed by atoms with Crippen LogP contribution in [0.3, 0.4) is 0 Å². The summed E-state index contributed by atoms with van der Waals surface area (Å²) in [6.07, 6.45) is 4.67. The zero-order chi connectivity index (χ0) is 12.5. The fourth-order valence-corrected chi connectivity index (χ4v) is 2.84. The first-order valence-electron chi connectivity index (χ1n) is 5.00. The molecule has 0 saturated carbocycles. The minimum Gasteiger partial charge on any atom is -0.285 e. The highest BCUT2D eigenvalue weighted by atomic mass is 32.2. The Kier molecular flexibility index (Phi) is 2.99. The smallest absolute Gasteiger partial charge is 0.258 e. The van der Waals surface area contributed by atoms with Crippen molar-refractivity contribution in [3.63, 3.8) is 0 Å². The molecule has 0 radical (unpaired) electrons. The lowest BCUT2D eigenvalue weighted by Crippen LogP contribution is -2.28. The Morgan fingerprint density at radius 2 is 2.29 bits per heavy atom. The summed E-state index contributed by atoms with van der Waals surface area (Å²) in [4.78, 5) is 0. The van der Waals surface area contributed by atoms with Crippen LogP contribution in [0.2, 0.25) is 0 Å². The average Bonchev–Trinajstić information content (AvgIpc) is 2.85. The van der Waals surface area contributed by atoms with E-state index in [0.717, 1.165) is 5.56 Å². The van der Waals surface area contributed by atoms with Gasteiger partial charge in [0.15, 0.2) is 5.03 Å². The highest BCUT2D eigenvalue weighted by molar-refractivity contribution is 7.89. The van der Waals surface area contributed by atoms with E-state index >= 15 is 0 Å². The predicted octanol–water partition coefficient (Wildman–Crippen LogP) is 0.183. The van der Waals surface area contributed by atoms with Gasteiger partial charge in [-0.25, -0.2) is 13.1 Å². The lowest BCUT2D eigenvalue weighted by atomic mass is 10.2. The molecule has 1 unspecified atom stereocenters. The molecule has 92 valence electrons. The largest absolute Gasteiger partial charge is 0.285 e. The zero-order valence-electron chi connectivity index (χ0n) is 9.45. The van der Waals surface area contributed by atoms with Crippen molar-refractivity contribution < 1.29 is 8.42 Å². The number of H-pyrrole nitrogens is 1. The Labute approximate surface area is 98.9 Å². The average molecular weight is 255 g/mol. The number of hydrogen-bond donors (Lipinski definition) is 2. The normalized spacial score (nSPS) is 13.8. The van der Waals surface area contributed by atoms with Crippen LogP contribution in [0.15, 0.2) is 29.7 Å². The molecule has 0 amide bonds. The van der Waals surface area contributed by atoms with Gasteiger partial charge >= 0.3 is 0 Å². The van der Waals surface area contributed by atoms with Crippen LogP contribution < -0.4 is 4.72 Å². The quantitative estimate of drug-likeness (QED) is 0.815. The van der Waals surface area contributed by atoms with Crippen LogP contribution >= 0.6 is 0 Å². The summed E-state index contributed by atoms with van der Waals surface area (Å²) >= 11 is 0. The van der Waals surface area contributed by atoms with Crippen LogP contribution in [0, 0.1) is 0 Å². The Bertz CT molecular complexity index is 587. The lowest BCUT2D eigenvalue weighted by molar-refractivity contribution is 0.550. The number of sulfonamides is 1. The molecule has 2 rings (SSSR count). The van der Waals surface area contributed by atoms with E-state index in [0.29, 0.717) is 0 Å². The molecule has 8 heteroatoms. The first kappa shape index (κ1) is 11.8. The summed E-state index contributed by atoms with van der Waals surface area (Å²) in [6, 6.07) is 1.10. The van der Waals surface area contributed by atoms with Crippen molar-refractivity contribution >= 4 is 10.0 Å². The molecule has 2 heterocycles. The summed E-state index contributed by atoms with van der Waals surface area (Å²) in [5.74, 6) is 0. The summed E-state index contributed by atoms with van der Waals surface area (Å²) < 4.78 is 27.9. The third-order valence-corrected chi connectivity index (χ3v) is 4.02. The van der Waals surface area contributed by atoms with Crippen molar-refractivity contribution in [2.45, 2.75) is 18.0 Å².